The van der Waals surface area contributed by atoms with Gasteiger partial charge in [-0.05, 0) is 75.0 Å². The second-order valence-electron chi connectivity index (χ2n) is 14.2. The molecular formula is C34H60Br3N3O11. The Balaban J connectivity index is 4.80. The molecule has 1 atom stereocenters. The number of ether oxygens (including phenoxy) is 6. The van der Waals surface area contributed by atoms with Gasteiger partial charge in [-0.3, -0.25) is 24.0 Å². The highest BCUT2D eigenvalue weighted by Gasteiger charge is 2.41. The Labute approximate surface area is 329 Å². The van der Waals surface area contributed by atoms with Crippen molar-refractivity contribution < 1.29 is 52.4 Å². The molecule has 0 radical (unpaired) electrons. The average Bonchev–Trinajstić information content (AvgIpc) is 3.02. The van der Waals surface area contributed by atoms with E-state index >= 15 is 0 Å². The van der Waals surface area contributed by atoms with Crippen LogP contribution in [0, 0.1) is 11.3 Å². The molecule has 0 saturated carbocycles. The zero-order valence-corrected chi connectivity index (χ0v) is 36.5. The van der Waals surface area contributed by atoms with Gasteiger partial charge in [-0.1, -0.05) is 61.1 Å². The highest BCUT2D eigenvalue weighted by atomic mass is 79.9. The van der Waals surface area contributed by atoms with Gasteiger partial charge in [0, 0.05) is 19.0 Å². The Morgan fingerprint density at radius 3 is 1.47 bits per heavy atom. The summed E-state index contributed by atoms with van der Waals surface area (Å²) in [5.41, 5.74) is -1.34. The van der Waals surface area contributed by atoms with Gasteiger partial charge < -0.3 is 44.0 Å². The summed E-state index contributed by atoms with van der Waals surface area (Å²) in [6, 6.07) is 0. The van der Waals surface area contributed by atoms with Crippen LogP contribution in [0.4, 0.5) is 0 Å². The maximum atomic E-state index is 12.6. The number of carbonyl (C=O) groups is 5. The molecule has 0 saturated heterocycles. The molecule has 0 heterocycles. The van der Waals surface area contributed by atoms with E-state index in [-0.39, 0.29) is 58.0 Å². The van der Waals surface area contributed by atoms with Crippen molar-refractivity contribution >= 4 is 77.5 Å². The van der Waals surface area contributed by atoms with Gasteiger partial charge in [0.15, 0.2) is 0 Å². The van der Waals surface area contributed by atoms with E-state index in [1.54, 1.807) is 41.5 Å². The smallest absolute Gasteiger partial charge is 0.322 e. The number of carbonyl (C=O) groups excluding carboxylic acids is 5. The third kappa shape index (κ3) is 24.5. The van der Waals surface area contributed by atoms with Crippen LogP contribution in [-0.4, -0.2) is 141 Å². The highest BCUT2D eigenvalue weighted by Crippen LogP contribution is 2.27. The van der Waals surface area contributed by atoms with Gasteiger partial charge in [0.25, 0.3) is 0 Å². The van der Waals surface area contributed by atoms with Crippen LogP contribution in [0.5, 0.6) is 0 Å². The van der Waals surface area contributed by atoms with Crippen molar-refractivity contribution in [3.05, 3.63) is 0 Å². The Bertz CT molecular complexity index is 1000. The number of nitrogens with zero attached hydrogens (tertiary/aromatic N) is 1. The molecule has 0 aromatic heterocycles. The molecule has 14 nitrogen and oxygen atoms in total. The van der Waals surface area contributed by atoms with E-state index in [9.17, 15) is 24.0 Å². The lowest BCUT2D eigenvalue weighted by molar-refractivity contribution is -0.170. The van der Waals surface area contributed by atoms with Crippen LogP contribution in [0.15, 0.2) is 0 Å². The van der Waals surface area contributed by atoms with Gasteiger partial charge in [-0.25, -0.2) is 0 Å². The molecule has 2 amide bonds. The zero-order chi connectivity index (χ0) is 39.3. The van der Waals surface area contributed by atoms with Gasteiger partial charge >= 0.3 is 17.9 Å². The Morgan fingerprint density at radius 1 is 0.627 bits per heavy atom. The van der Waals surface area contributed by atoms with Gasteiger partial charge in [-0.15, -0.1) is 0 Å². The highest BCUT2D eigenvalue weighted by molar-refractivity contribution is 9.10. The van der Waals surface area contributed by atoms with E-state index in [2.05, 4.69) is 63.3 Å². The lowest BCUT2D eigenvalue weighted by Crippen LogP contribution is -2.47. The average molecular weight is 927 g/mol. The first-order chi connectivity index (χ1) is 23.5. The monoisotopic (exact) mass is 923 g/mol. The van der Waals surface area contributed by atoms with E-state index < -0.39 is 42.2 Å². The summed E-state index contributed by atoms with van der Waals surface area (Å²) in [5.74, 6) is -2.27. The number of alkyl halides is 3. The molecule has 298 valence electrons. The van der Waals surface area contributed by atoms with Crippen LogP contribution in [0.3, 0.4) is 0 Å². The van der Waals surface area contributed by atoms with Crippen molar-refractivity contribution in [2.75, 3.05) is 93.2 Å². The first-order valence-electron chi connectivity index (χ1n) is 17.0. The number of amides is 2. The second kappa shape index (κ2) is 24.8. The third-order valence-electron chi connectivity index (χ3n) is 7.05. The predicted molar refractivity (Wildman–Crippen MR) is 204 cm³/mol. The summed E-state index contributed by atoms with van der Waals surface area (Å²) < 4.78 is 30.2. The summed E-state index contributed by atoms with van der Waals surface area (Å²) >= 11 is 9.78. The lowest BCUT2D eigenvalue weighted by atomic mass is 9.92. The first kappa shape index (κ1) is 49.6. The van der Waals surface area contributed by atoms with E-state index in [1.165, 1.54) is 0 Å². The normalized spacial score (nSPS) is 13.0. The maximum absolute atomic E-state index is 12.6. The van der Waals surface area contributed by atoms with Crippen molar-refractivity contribution in [3.63, 3.8) is 0 Å². The van der Waals surface area contributed by atoms with Crippen molar-refractivity contribution in [2.45, 2.75) is 80.7 Å². The van der Waals surface area contributed by atoms with Crippen molar-refractivity contribution in [1.29, 1.82) is 0 Å². The van der Waals surface area contributed by atoms with Gasteiger partial charge in [0.2, 0.25) is 11.8 Å². The van der Waals surface area contributed by atoms with Crippen LogP contribution in [-0.2, 0) is 52.4 Å². The molecule has 17 heteroatoms. The lowest BCUT2D eigenvalue weighted by Gasteiger charge is -2.34. The molecule has 0 spiro atoms. The molecule has 0 unspecified atom stereocenters. The number of hydrogen-bond donors (Lipinski definition) is 2. The minimum Gasteiger partial charge on any atom is -0.464 e. The summed E-state index contributed by atoms with van der Waals surface area (Å²) in [6.45, 7) is 12.8. The van der Waals surface area contributed by atoms with E-state index in [0.717, 1.165) is 25.8 Å². The van der Waals surface area contributed by atoms with Crippen LogP contribution < -0.4 is 10.6 Å². The molecule has 0 aliphatic heterocycles. The molecule has 51 heavy (non-hydrogen) atoms. The number of nitrogens with one attached hydrogen (secondary N) is 2. The molecule has 0 aromatic rings. The topological polar surface area (TPSA) is 168 Å². The van der Waals surface area contributed by atoms with E-state index in [0.29, 0.717) is 26.4 Å². The Morgan fingerprint density at radius 2 is 1.06 bits per heavy atom. The fourth-order valence-corrected chi connectivity index (χ4v) is 4.19. The summed E-state index contributed by atoms with van der Waals surface area (Å²) in [4.78, 5) is 64.7. The van der Waals surface area contributed by atoms with Crippen LogP contribution in [0.25, 0.3) is 0 Å². The van der Waals surface area contributed by atoms with Crippen LogP contribution in [0.2, 0.25) is 0 Å². The number of esters is 3. The minimum atomic E-state index is -1.34. The quantitative estimate of drug-likeness (QED) is 0.0506. The number of unbranched alkanes of at least 4 members (excludes halogenated alkanes) is 1. The largest absolute Gasteiger partial charge is 0.464 e. The standard InChI is InChI=1S/C34H60Br3N3O11/c1-25(12-10-11-15-40(8)9)27(42)39-14-17-47-19-18-46-16-13-38-26(41)20-48-21-34(22-49-28(43)31(2,3)35,23-50-29(44)32(4,5)36)24-51-30(45)33(6,7)37/h25H,10-24H2,1-9H3,(H,38,41)(H,39,42)/t25-/m0/s1. The molecule has 2 N–H and O–H groups in total. The van der Waals surface area contributed by atoms with E-state index in [4.69, 9.17) is 28.4 Å². The minimum absolute atomic E-state index is 0.0246. The summed E-state index contributed by atoms with van der Waals surface area (Å²) in [7, 11) is 4.07. The van der Waals surface area contributed by atoms with Crippen LogP contribution >= 0.6 is 47.8 Å². The molecule has 0 aliphatic rings. The van der Waals surface area contributed by atoms with Crippen LogP contribution in [0.1, 0.15) is 67.7 Å². The maximum Gasteiger partial charge on any atom is 0.322 e. The van der Waals surface area contributed by atoms with Gasteiger partial charge in [0.05, 0.1) is 38.4 Å². The fourth-order valence-electron chi connectivity index (χ4n) is 3.85. The predicted octanol–water partition coefficient (Wildman–Crippen LogP) is 3.77. The van der Waals surface area contributed by atoms with Gasteiger partial charge in [0.1, 0.15) is 39.4 Å². The summed E-state index contributed by atoms with van der Waals surface area (Å²) in [5, 5.41) is 5.57. The second-order valence-corrected chi connectivity index (χ2v) is 20.2. The number of halogens is 3. The van der Waals surface area contributed by atoms with Crippen molar-refractivity contribution in [1.82, 2.24) is 15.5 Å². The van der Waals surface area contributed by atoms with E-state index in [1.807, 2.05) is 21.0 Å². The molecule has 0 bridgehead atoms. The first-order valence-corrected chi connectivity index (χ1v) is 19.4. The fraction of sp³-hybridized carbons (Fsp3) is 0.853. The molecule has 0 fully saturated rings. The molecule has 0 aliphatic carbocycles. The molecule has 0 aromatic carbocycles. The Kier molecular flexibility index (Phi) is 24.2. The SMILES string of the molecule is C[C@@H](CCCCN(C)C)C(=O)NCCOCCOCCNC(=O)COCC(COC(=O)C(C)(C)Br)(COC(=O)C(C)(C)Br)COC(=O)C(C)(C)Br. The Hall–Kier alpha value is -1.37. The zero-order valence-electron chi connectivity index (χ0n) is 31.8. The van der Waals surface area contributed by atoms with Gasteiger partial charge in [-0.2, -0.15) is 0 Å². The number of hydrogen-bond acceptors (Lipinski definition) is 12. The summed E-state index contributed by atoms with van der Waals surface area (Å²) in [6.07, 6.45) is 2.93. The third-order valence-corrected chi connectivity index (χ3v) is 8.02. The molecular weight excluding hydrogens is 866 g/mol. The van der Waals surface area contributed by atoms with Crippen molar-refractivity contribution in [3.8, 4) is 0 Å². The molecule has 0 rings (SSSR count). The van der Waals surface area contributed by atoms with Crippen molar-refractivity contribution in [2.24, 2.45) is 11.3 Å². The number of rotatable bonds is 28.